The summed E-state index contributed by atoms with van der Waals surface area (Å²) in [6, 6.07) is 2.24. The van der Waals surface area contributed by atoms with Crippen LogP contribution in [0.5, 0.6) is 0 Å². The van der Waals surface area contributed by atoms with Crippen LogP contribution in [0.3, 0.4) is 0 Å². The van der Waals surface area contributed by atoms with Crippen molar-refractivity contribution in [1.29, 1.82) is 0 Å². The van der Waals surface area contributed by atoms with E-state index < -0.39 is 22.4 Å². The molecule has 0 aliphatic heterocycles. The van der Waals surface area contributed by atoms with Gasteiger partial charge in [0.2, 0.25) is 0 Å². The first kappa shape index (κ1) is 13.9. The molecule has 1 aromatic rings. The van der Waals surface area contributed by atoms with E-state index in [0.29, 0.717) is 6.07 Å². The van der Waals surface area contributed by atoms with Gasteiger partial charge in [-0.2, -0.15) is 13.2 Å². The summed E-state index contributed by atoms with van der Waals surface area (Å²) in [6.07, 6.45) is -4.73. The summed E-state index contributed by atoms with van der Waals surface area (Å²) < 4.78 is 37.2. The highest BCUT2D eigenvalue weighted by Crippen LogP contribution is 2.33. The Hall–Kier alpha value is -2.12. The molecule has 0 spiro atoms. The number of halogens is 3. The molecular weight excluding hydrogens is 253 g/mol. The fourth-order valence-electron chi connectivity index (χ4n) is 1.37. The van der Waals surface area contributed by atoms with Crippen molar-refractivity contribution in [2.75, 3.05) is 0 Å². The molecule has 0 radical (unpaired) electrons. The van der Waals surface area contributed by atoms with Gasteiger partial charge in [0.1, 0.15) is 0 Å². The first-order valence-corrected chi connectivity index (χ1v) is 4.77. The summed E-state index contributed by atoms with van der Waals surface area (Å²) in [7, 11) is 0. The summed E-state index contributed by atoms with van der Waals surface area (Å²) in [6.45, 7) is 1.40. The molecule has 1 rings (SSSR count). The number of oxime groups is 1. The lowest BCUT2D eigenvalue weighted by Gasteiger charge is -2.08. The molecule has 0 heterocycles. The molecule has 0 saturated heterocycles. The minimum atomic E-state index is -4.64. The van der Waals surface area contributed by atoms with Crippen LogP contribution in [0.2, 0.25) is 0 Å². The van der Waals surface area contributed by atoms with Gasteiger partial charge in [0.15, 0.2) is 0 Å². The van der Waals surface area contributed by atoms with Crippen LogP contribution in [0, 0.1) is 10.1 Å². The Morgan fingerprint density at radius 3 is 2.56 bits per heavy atom. The predicted molar refractivity (Wildman–Crippen MR) is 56.7 cm³/mol. The van der Waals surface area contributed by atoms with Gasteiger partial charge in [-0.25, -0.2) is 0 Å². The maximum Gasteiger partial charge on any atom is 0.416 e. The van der Waals surface area contributed by atoms with Crippen molar-refractivity contribution < 1.29 is 23.3 Å². The highest BCUT2D eigenvalue weighted by Gasteiger charge is 2.32. The molecule has 0 fully saturated rings. The van der Waals surface area contributed by atoms with Crippen molar-refractivity contribution >= 4 is 11.4 Å². The zero-order valence-electron chi connectivity index (χ0n) is 9.23. The quantitative estimate of drug-likeness (QED) is 0.393. The van der Waals surface area contributed by atoms with E-state index in [1.165, 1.54) is 6.92 Å². The molecule has 1 aromatic carbocycles. The number of hydrogen-bond donors (Lipinski definition) is 1. The number of nitro benzene ring substituents is 1. The molecule has 5 nitrogen and oxygen atoms in total. The van der Waals surface area contributed by atoms with Gasteiger partial charge < -0.3 is 5.21 Å². The molecule has 98 valence electrons. The van der Waals surface area contributed by atoms with E-state index in [2.05, 4.69) is 5.16 Å². The maximum absolute atomic E-state index is 12.4. The largest absolute Gasteiger partial charge is 0.416 e. The molecule has 0 aliphatic rings. The fourth-order valence-corrected chi connectivity index (χ4v) is 1.37. The highest BCUT2D eigenvalue weighted by molar-refractivity contribution is 5.84. The lowest BCUT2D eigenvalue weighted by Crippen LogP contribution is -2.08. The zero-order valence-corrected chi connectivity index (χ0v) is 9.23. The van der Waals surface area contributed by atoms with E-state index in [1.807, 2.05) is 0 Å². The van der Waals surface area contributed by atoms with E-state index in [1.54, 1.807) is 0 Å². The van der Waals surface area contributed by atoms with Crippen LogP contribution in [0.1, 0.15) is 18.1 Å². The second-order valence-electron chi connectivity index (χ2n) is 3.61. The highest BCUT2D eigenvalue weighted by atomic mass is 19.4. The minimum Gasteiger partial charge on any atom is -0.411 e. The Labute approximate surface area is 99.7 Å². The van der Waals surface area contributed by atoms with Gasteiger partial charge in [-0.05, 0) is 13.0 Å². The van der Waals surface area contributed by atoms with Crippen LogP contribution in [0.15, 0.2) is 23.4 Å². The molecular formula is C10H9F3N2O3. The van der Waals surface area contributed by atoms with Crippen molar-refractivity contribution in [3.8, 4) is 0 Å². The molecule has 0 aromatic heterocycles. The van der Waals surface area contributed by atoms with Crippen LogP contribution in [-0.4, -0.2) is 15.8 Å². The SMILES string of the molecule is CC(Cc1ccc(C(F)(F)F)cc1[N+](=O)[O-])=NO. The third-order valence-electron chi connectivity index (χ3n) is 2.23. The number of nitrogens with zero attached hydrogens (tertiary/aromatic N) is 2. The third-order valence-corrected chi connectivity index (χ3v) is 2.23. The standard InChI is InChI=1S/C10H9F3N2O3/c1-6(14-16)4-7-2-3-8(10(11,12)13)5-9(7)15(17)18/h2-3,5,16H,4H2,1H3. The smallest absolute Gasteiger partial charge is 0.411 e. The Kier molecular flexibility index (Phi) is 3.89. The Balaban J connectivity index is 3.25. The first-order chi connectivity index (χ1) is 8.25. The molecule has 1 N–H and O–H groups in total. The van der Waals surface area contributed by atoms with E-state index >= 15 is 0 Å². The van der Waals surface area contributed by atoms with Crippen LogP contribution < -0.4 is 0 Å². The average molecular weight is 262 g/mol. The molecule has 8 heteroatoms. The van der Waals surface area contributed by atoms with Crippen LogP contribution in [0.4, 0.5) is 18.9 Å². The third kappa shape index (κ3) is 3.19. The molecule has 0 atom stereocenters. The second kappa shape index (κ2) is 5.03. The Bertz CT molecular complexity index is 498. The summed E-state index contributed by atoms with van der Waals surface area (Å²) in [4.78, 5) is 9.81. The number of hydrogen-bond acceptors (Lipinski definition) is 4. The monoisotopic (exact) mass is 262 g/mol. The van der Waals surface area contributed by atoms with E-state index in [4.69, 9.17) is 5.21 Å². The van der Waals surface area contributed by atoms with E-state index in [0.717, 1.165) is 12.1 Å². The van der Waals surface area contributed by atoms with Gasteiger partial charge in [-0.15, -0.1) is 0 Å². The van der Waals surface area contributed by atoms with Gasteiger partial charge in [0, 0.05) is 18.1 Å². The molecule has 0 aliphatic carbocycles. The minimum absolute atomic E-state index is 0.0586. The van der Waals surface area contributed by atoms with Crippen LogP contribution in [0.25, 0.3) is 0 Å². The summed E-state index contributed by atoms with van der Waals surface area (Å²) in [5.74, 6) is 0. The van der Waals surface area contributed by atoms with Gasteiger partial charge in [0.05, 0.1) is 16.2 Å². The summed E-state index contributed by atoms with van der Waals surface area (Å²) in [5.41, 5.74) is -1.51. The number of alkyl halides is 3. The lowest BCUT2D eigenvalue weighted by atomic mass is 10.0. The van der Waals surface area contributed by atoms with Gasteiger partial charge in [-0.3, -0.25) is 10.1 Å². The van der Waals surface area contributed by atoms with Crippen LogP contribution in [-0.2, 0) is 12.6 Å². The van der Waals surface area contributed by atoms with Crippen molar-refractivity contribution in [3.63, 3.8) is 0 Å². The fraction of sp³-hybridized carbons (Fsp3) is 0.300. The molecule has 0 saturated carbocycles. The van der Waals surface area contributed by atoms with Gasteiger partial charge >= 0.3 is 6.18 Å². The van der Waals surface area contributed by atoms with Crippen molar-refractivity contribution in [2.24, 2.45) is 5.16 Å². The topological polar surface area (TPSA) is 75.7 Å². The second-order valence-corrected chi connectivity index (χ2v) is 3.61. The van der Waals surface area contributed by atoms with E-state index in [9.17, 15) is 23.3 Å². The average Bonchev–Trinajstić information content (AvgIpc) is 2.27. The Morgan fingerprint density at radius 1 is 1.50 bits per heavy atom. The van der Waals surface area contributed by atoms with Crippen molar-refractivity contribution in [2.45, 2.75) is 19.5 Å². The van der Waals surface area contributed by atoms with Crippen molar-refractivity contribution in [1.82, 2.24) is 0 Å². The molecule has 18 heavy (non-hydrogen) atoms. The van der Waals surface area contributed by atoms with Gasteiger partial charge in [-0.1, -0.05) is 11.2 Å². The summed E-state index contributed by atoms with van der Waals surface area (Å²) >= 11 is 0. The Morgan fingerprint density at radius 2 is 2.11 bits per heavy atom. The predicted octanol–water partition coefficient (Wildman–Crippen LogP) is 3.01. The maximum atomic E-state index is 12.4. The van der Waals surface area contributed by atoms with Crippen molar-refractivity contribution in [3.05, 3.63) is 39.4 Å². The summed E-state index contributed by atoms with van der Waals surface area (Å²) in [5, 5.41) is 22.0. The first-order valence-electron chi connectivity index (χ1n) is 4.77. The lowest BCUT2D eigenvalue weighted by molar-refractivity contribution is -0.385. The number of nitro groups is 1. The zero-order chi connectivity index (χ0) is 13.9. The normalized spacial score (nSPS) is 12.6. The molecule has 0 amide bonds. The number of rotatable bonds is 3. The molecule has 0 bridgehead atoms. The van der Waals surface area contributed by atoms with E-state index in [-0.39, 0.29) is 17.7 Å². The van der Waals surface area contributed by atoms with Crippen LogP contribution >= 0.6 is 0 Å². The number of benzene rings is 1. The van der Waals surface area contributed by atoms with Gasteiger partial charge in [0.25, 0.3) is 5.69 Å². The molecule has 0 unspecified atom stereocenters.